The van der Waals surface area contributed by atoms with Crippen molar-refractivity contribution in [3.05, 3.63) is 57.2 Å². The van der Waals surface area contributed by atoms with E-state index >= 15 is 0 Å². The Morgan fingerprint density at radius 2 is 1.88 bits per heavy atom. The molecule has 4 nitrogen and oxygen atoms in total. The zero-order valence-electron chi connectivity index (χ0n) is 13.0. The summed E-state index contributed by atoms with van der Waals surface area (Å²) in [7, 11) is 0. The lowest BCUT2D eigenvalue weighted by Gasteiger charge is -2.20. The third-order valence-electron chi connectivity index (χ3n) is 4.06. The highest BCUT2D eigenvalue weighted by Crippen LogP contribution is 2.25. The van der Waals surface area contributed by atoms with Crippen LogP contribution in [0, 0.1) is 0 Å². The van der Waals surface area contributed by atoms with Crippen molar-refractivity contribution < 1.29 is 14.3 Å². The fourth-order valence-corrected chi connectivity index (χ4v) is 3.55. The minimum atomic E-state index is -0.975. The number of hydrogen-bond donors (Lipinski definition) is 1. The third kappa shape index (κ3) is 4.16. The summed E-state index contributed by atoms with van der Waals surface area (Å²) in [6.07, 6.45) is 3.20. The molecule has 1 fully saturated rings. The maximum atomic E-state index is 12.7. The van der Waals surface area contributed by atoms with Crippen molar-refractivity contribution >= 4 is 34.8 Å². The summed E-state index contributed by atoms with van der Waals surface area (Å²) in [5.41, 5.74) is 0.611. The van der Waals surface area contributed by atoms with Gasteiger partial charge in [0.2, 0.25) is 6.10 Å². The van der Waals surface area contributed by atoms with Gasteiger partial charge in [-0.1, -0.05) is 42.6 Å². The Kier molecular flexibility index (Phi) is 5.53. The van der Waals surface area contributed by atoms with E-state index in [0.29, 0.717) is 15.5 Å². The van der Waals surface area contributed by atoms with Crippen molar-refractivity contribution in [2.75, 3.05) is 0 Å². The van der Waals surface area contributed by atoms with Crippen LogP contribution < -0.4 is 5.32 Å². The van der Waals surface area contributed by atoms with Crippen LogP contribution in [-0.4, -0.2) is 17.9 Å². The second kappa shape index (κ2) is 7.81. The molecule has 0 saturated heterocycles. The van der Waals surface area contributed by atoms with Crippen molar-refractivity contribution in [3.63, 3.8) is 0 Å². The molecule has 0 unspecified atom stereocenters. The number of ether oxygens (including phenoxy) is 1. The molecule has 1 aliphatic carbocycles. The number of hydrogen-bond acceptors (Lipinski definition) is 4. The average Bonchev–Trinajstić information content (AvgIpc) is 3.27. The maximum Gasteiger partial charge on any atom is 0.349 e. The highest BCUT2D eigenvalue weighted by atomic mass is 35.5. The van der Waals surface area contributed by atoms with Gasteiger partial charge >= 0.3 is 5.97 Å². The third-order valence-corrected chi connectivity index (χ3v) is 5.16. The predicted molar refractivity (Wildman–Crippen MR) is 94.3 cm³/mol. The molecular weight excluding hydrogens is 346 g/mol. The molecule has 0 spiro atoms. The van der Waals surface area contributed by atoms with Crippen LogP contribution in [0.15, 0.2) is 41.8 Å². The Labute approximate surface area is 149 Å². The van der Waals surface area contributed by atoms with E-state index in [1.165, 1.54) is 11.3 Å². The minimum Gasteiger partial charge on any atom is -0.443 e. The van der Waals surface area contributed by atoms with Crippen LogP contribution in [0.3, 0.4) is 0 Å². The first kappa shape index (κ1) is 17.0. The monoisotopic (exact) mass is 363 g/mol. The van der Waals surface area contributed by atoms with Crippen LogP contribution in [0.2, 0.25) is 5.02 Å². The van der Waals surface area contributed by atoms with E-state index in [-0.39, 0.29) is 11.9 Å². The quantitative estimate of drug-likeness (QED) is 0.803. The largest absolute Gasteiger partial charge is 0.443 e. The molecule has 0 aliphatic heterocycles. The van der Waals surface area contributed by atoms with Crippen LogP contribution in [0.25, 0.3) is 0 Å². The van der Waals surface area contributed by atoms with Crippen LogP contribution >= 0.6 is 22.9 Å². The van der Waals surface area contributed by atoms with Crippen LogP contribution in [-0.2, 0) is 9.53 Å². The van der Waals surface area contributed by atoms with Gasteiger partial charge in [-0.3, -0.25) is 4.79 Å². The predicted octanol–water partition coefficient (Wildman–Crippen LogP) is 4.36. The SMILES string of the molecule is O=C(O[C@H](C(=O)NC1CCCC1)c1ccc(Cl)cc1)c1cccs1. The fourth-order valence-electron chi connectivity index (χ4n) is 2.82. The minimum absolute atomic E-state index is 0.160. The topological polar surface area (TPSA) is 55.4 Å². The molecule has 126 valence electrons. The number of thiophene rings is 1. The zero-order chi connectivity index (χ0) is 16.9. The molecule has 1 aromatic heterocycles. The van der Waals surface area contributed by atoms with Gasteiger partial charge in [0.15, 0.2) is 0 Å². The molecule has 6 heteroatoms. The first-order chi connectivity index (χ1) is 11.6. The van der Waals surface area contributed by atoms with Crippen molar-refractivity contribution in [3.8, 4) is 0 Å². The summed E-state index contributed by atoms with van der Waals surface area (Å²) in [5.74, 6) is -0.777. The Hall–Kier alpha value is -1.85. The number of halogens is 1. The molecule has 2 aromatic rings. The van der Waals surface area contributed by atoms with Crippen LogP contribution in [0.1, 0.15) is 47.0 Å². The van der Waals surface area contributed by atoms with Crippen molar-refractivity contribution in [1.82, 2.24) is 5.32 Å². The molecule has 1 atom stereocenters. The Balaban J connectivity index is 1.78. The highest BCUT2D eigenvalue weighted by Gasteiger charge is 2.28. The number of benzene rings is 1. The number of esters is 1. The van der Waals surface area contributed by atoms with Gasteiger partial charge in [-0.25, -0.2) is 4.79 Å². The number of carbonyl (C=O) groups excluding carboxylic acids is 2. The summed E-state index contributed by atoms with van der Waals surface area (Å²) in [5, 5.41) is 5.36. The van der Waals surface area contributed by atoms with Gasteiger partial charge in [0.25, 0.3) is 5.91 Å². The molecule has 0 radical (unpaired) electrons. The fraction of sp³-hybridized carbons (Fsp3) is 0.333. The van der Waals surface area contributed by atoms with Gasteiger partial charge in [0, 0.05) is 16.6 Å². The first-order valence-electron chi connectivity index (χ1n) is 7.94. The van der Waals surface area contributed by atoms with Crippen molar-refractivity contribution in [2.24, 2.45) is 0 Å². The Morgan fingerprint density at radius 1 is 1.17 bits per heavy atom. The van der Waals surface area contributed by atoms with Gasteiger partial charge in [0.05, 0.1) is 0 Å². The molecule has 1 amide bonds. The van der Waals surface area contributed by atoms with E-state index in [9.17, 15) is 9.59 Å². The van der Waals surface area contributed by atoms with Gasteiger partial charge in [-0.15, -0.1) is 11.3 Å². The summed E-state index contributed by atoms with van der Waals surface area (Å²) in [4.78, 5) is 25.4. The van der Waals surface area contributed by atoms with Crippen molar-refractivity contribution in [1.29, 1.82) is 0 Å². The van der Waals surface area contributed by atoms with E-state index in [0.717, 1.165) is 25.7 Å². The molecule has 1 aromatic carbocycles. The van der Waals surface area contributed by atoms with Gasteiger partial charge < -0.3 is 10.1 Å². The summed E-state index contributed by atoms with van der Waals surface area (Å²) < 4.78 is 5.51. The summed E-state index contributed by atoms with van der Waals surface area (Å²) >= 11 is 7.20. The molecule has 3 rings (SSSR count). The van der Waals surface area contributed by atoms with E-state index < -0.39 is 12.1 Å². The molecular formula is C18H18ClNO3S. The summed E-state index contributed by atoms with van der Waals surface area (Å²) in [6.45, 7) is 0. The normalized spacial score (nSPS) is 15.9. The standard InChI is InChI=1S/C18H18ClNO3S/c19-13-9-7-12(8-10-13)16(17(21)20-14-4-1-2-5-14)23-18(22)15-6-3-11-24-15/h3,6-11,14,16H,1-2,4-5H2,(H,20,21)/t16-/m0/s1. The van der Waals surface area contributed by atoms with E-state index in [4.69, 9.17) is 16.3 Å². The average molecular weight is 364 g/mol. The van der Waals surface area contributed by atoms with E-state index in [1.807, 2.05) is 0 Å². The number of nitrogens with one attached hydrogen (secondary N) is 1. The smallest absolute Gasteiger partial charge is 0.349 e. The second-order valence-corrected chi connectivity index (χ2v) is 7.19. The van der Waals surface area contributed by atoms with Crippen LogP contribution in [0.4, 0.5) is 0 Å². The molecule has 1 aliphatic rings. The lowest BCUT2D eigenvalue weighted by atomic mass is 10.1. The molecule has 1 saturated carbocycles. The van der Waals surface area contributed by atoms with Gasteiger partial charge in [0.1, 0.15) is 4.88 Å². The van der Waals surface area contributed by atoms with E-state index in [2.05, 4.69) is 5.32 Å². The number of carbonyl (C=O) groups is 2. The first-order valence-corrected chi connectivity index (χ1v) is 9.19. The lowest BCUT2D eigenvalue weighted by Crippen LogP contribution is -2.38. The molecule has 1 heterocycles. The zero-order valence-corrected chi connectivity index (χ0v) is 14.6. The molecule has 1 N–H and O–H groups in total. The lowest BCUT2D eigenvalue weighted by molar-refractivity contribution is -0.131. The number of rotatable bonds is 5. The molecule has 24 heavy (non-hydrogen) atoms. The summed E-state index contributed by atoms with van der Waals surface area (Å²) in [6, 6.07) is 10.4. The Bertz CT molecular complexity index is 694. The van der Waals surface area contributed by atoms with Crippen LogP contribution in [0.5, 0.6) is 0 Å². The van der Waals surface area contributed by atoms with E-state index in [1.54, 1.807) is 41.8 Å². The molecule has 0 bridgehead atoms. The van der Waals surface area contributed by atoms with Gasteiger partial charge in [-0.05, 0) is 36.4 Å². The Morgan fingerprint density at radius 3 is 2.50 bits per heavy atom. The van der Waals surface area contributed by atoms with Crippen molar-refractivity contribution in [2.45, 2.75) is 37.8 Å². The highest BCUT2D eigenvalue weighted by molar-refractivity contribution is 7.11. The van der Waals surface area contributed by atoms with Gasteiger partial charge in [-0.2, -0.15) is 0 Å². The number of amides is 1. The maximum absolute atomic E-state index is 12.7. The second-order valence-electron chi connectivity index (χ2n) is 5.80.